The number of para-hydroxylation sites is 4. The van der Waals surface area contributed by atoms with E-state index in [9.17, 15) is 18.0 Å². The average Bonchev–Trinajstić information content (AvgIpc) is 2.60. The fraction of sp³-hybridized carbons (Fsp3) is 0.235. The van der Waals surface area contributed by atoms with Gasteiger partial charge in [-0.25, -0.2) is 0 Å². The Kier molecular flexibility index (Phi) is 4.69. The molecule has 0 aliphatic carbocycles. The lowest BCUT2D eigenvalue weighted by Crippen LogP contribution is -2.40. The molecule has 0 bridgehead atoms. The predicted octanol–water partition coefficient (Wildman–Crippen LogP) is 3.41. The minimum Gasteiger partial charge on any atom is -0.485 e. The van der Waals surface area contributed by atoms with E-state index in [-0.39, 0.29) is 18.0 Å². The molecule has 1 N–H and O–H groups in total. The molecule has 8 heteroatoms. The van der Waals surface area contributed by atoms with Gasteiger partial charge in [0.1, 0.15) is 12.4 Å². The van der Waals surface area contributed by atoms with Crippen LogP contribution in [0, 0.1) is 0 Å². The van der Waals surface area contributed by atoms with Gasteiger partial charge < -0.3 is 19.5 Å². The second-order valence-electron chi connectivity index (χ2n) is 5.25. The van der Waals surface area contributed by atoms with Gasteiger partial charge in [0, 0.05) is 0 Å². The highest BCUT2D eigenvalue weighted by atomic mass is 19.4. The maximum Gasteiger partial charge on any atom is 0.422 e. The lowest BCUT2D eigenvalue weighted by molar-refractivity contribution is -0.153. The van der Waals surface area contributed by atoms with E-state index < -0.39 is 24.8 Å². The number of benzene rings is 2. The normalized spacial score (nSPS) is 16.2. The van der Waals surface area contributed by atoms with Crippen molar-refractivity contribution in [3.05, 3.63) is 48.5 Å². The van der Waals surface area contributed by atoms with Gasteiger partial charge in [0.15, 0.2) is 18.1 Å². The van der Waals surface area contributed by atoms with Gasteiger partial charge >= 0.3 is 6.18 Å². The van der Waals surface area contributed by atoms with Crippen LogP contribution in [-0.4, -0.2) is 31.4 Å². The summed E-state index contributed by atoms with van der Waals surface area (Å²) in [5.74, 6) is 0.332. The summed E-state index contributed by atoms with van der Waals surface area (Å²) in [6, 6.07) is 12.8. The number of ether oxygens (including phenoxy) is 3. The molecule has 0 saturated carbocycles. The molecule has 0 saturated heterocycles. The average molecular weight is 353 g/mol. The van der Waals surface area contributed by atoms with Crippen LogP contribution in [-0.2, 0) is 4.79 Å². The minimum atomic E-state index is -4.47. The zero-order valence-corrected chi connectivity index (χ0v) is 12.9. The van der Waals surface area contributed by atoms with Crippen molar-refractivity contribution in [3.8, 4) is 17.2 Å². The van der Waals surface area contributed by atoms with Gasteiger partial charge in [-0.05, 0) is 24.3 Å². The highest BCUT2D eigenvalue weighted by Gasteiger charge is 2.30. The molecule has 3 rings (SSSR count). The van der Waals surface area contributed by atoms with E-state index in [4.69, 9.17) is 14.2 Å². The molecule has 1 heterocycles. The highest BCUT2D eigenvalue weighted by molar-refractivity contribution is 5.96. The van der Waals surface area contributed by atoms with Crippen molar-refractivity contribution < 1.29 is 32.2 Å². The summed E-state index contributed by atoms with van der Waals surface area (Å²) < 4.78 is 52.7. The predicted molar refractivity (Wildman–Crippen MR) is 83.0 cm³/mol. The number of hydrogen-bond acceptors (Lipinski definition) is 4. The van der Waals surface area contributed by atoms with Crippen LogP contribution in [0.1, 0.15) is 0 Å². The first-order chi connectivity index (χ1) is 11.9. The second kappa shape index (κ2) is 6.92. The number of halogens is 3. The van der Waals surface area contributed by atoms with Gasteiger partial charge in [0.25, 0.3) is 5.91 Å². The van der Waals surface area contributed by atoms with Gasteiger partial charge in [0.2, 0.25) is 6.10 Å². The fourth-order valence-electron chi connectivity index (χ4n) is 2.22. The monoisotopic (exact) mass is 353 g/mol. The standard InChI is InChI=1S/C17H14F3NO4/c18-17(19,20)10-24-12-6-2-1-5-11(12)21-16(22)15-9-23-13-7-3-4-8-14(13)25-15/h1-8,15H,9-10H2,(H,21,22). The third kappa shape index (κ3) is 4.34. The van der Waals surface area contributed by atoms with Crippen molar-refractivity contribution in [1.82, 2.24) is 0 Å². The molecule has 132 valence electrons. The number of nitrogens with one attached hydrogen (secondary N) is 1. The first-order valence-electron chi connectivity index (χ1n) is 7.40. The van der Waals surface area contributed by atoms with E-state index in [1.54, 1.807) is 30.3 Å². The van der Waals surface area contributed by atoms with Crippen LogP contribution >= 0.6 is 0 Å². The van der Waals surface area contributed by atoms with Crippen LogP contribution in [0.2, 0.25) is 0 Å². The maximum atomic E-state index is 12.3. The van der Waals surface area contributed by atoms with Crippen LogP contribution < -0.4 is 19.5 Å². The lowest BCUT2D eigenvalue weighted by atomic mass is 10.2. The largest absolute Gasteiger partial charge is 0.485 e. The maximum absolute atomic E-state index is 12.3. The summed E-state index contributed by atoms with van der Waals surface area (Å²) in [6.07, 6.45) is -5.40. The number of anilines is 1. The zero-order valence-electron chi connectivity index (χ0n) is 12.9. The third-order valence-corrected chi connectivity index (χ3v) is 3.34. The summed E-state index contributed by atoms with van der Waals surface area (Å²) in [4.78, 5) is 12.3. The van der Waals surface area contributed by atoms with E-state index in [0.29, 0.717) is 11.5 Å². The Morgan fingerprint density at radius 2 is 1.80 bits per heavy atom. The Hall–Kier alpha value is -2.90. The Morgan fingerprint density at radius 1 is 1.12 bits per heavy atom. The van der Waals surface area contributed by atoms with Crippen molar-refractivity contribution >= 4 is 11.6 Å². The molecule has 0 fully saturated rings. The zero-order chi connectivity index (χ0) is 17.9. The number of alkyl halides is 3. The molecule has 1 aliphatic heterocycles. The van der Waals surface area contributed by atoms with Crippen molar-refractivity contribution in [2.75, 3.05) is 18.5 Å². The Balaban J connectivity index is 1.68. The van der Waals surface area contributed by atoms with Crippen molar-refractivity contribution in [2.24, 2.45) is 0 Å². The van der Waals surface area contributed by atoms with E-state index >= 15 is 0 Å². The number of rotatable bonds is 4. The number of fused-ring (bicyclic) bond motifs is 1. The topological polar surface area (TPSA) is 56.8 Å². The van der Waals surface area contributed by atoms with Gasteiger partial charge in [-0.15, -0.1) is 0 Å². The molecule has 1 aliphatic rings. The molecule has 1 atom stereocenters. The fourth-order valence-corrected chi connectivity index (χ4v) is 2.22. The van der Waals surface area contributed by atoms with Crippen LogP contribution in [0.15, 0.2) is 48.5 Å². The van der Waals surface area contributed by atoms with Gasteiger partial charge in [-0.3, -0.25) is 4.79 Å². The molecule has 2 aromatic carbocycles. The highest BCUT2D eigenvalue weighted by Crippen LogP contribution is 2.32. The lowest BCUT2D eigenvalue weighted by Gasteiger charge is -2.25. The van der Waals surface area contributed by atoms with E-state index in [1.807, 2.05) is 0 Å². The summed E-state index contributed by atoms with van der Waals surface area (Å²) in [5, 5.41) is 2.51. The number of carbonyl (C=O) groups excluding carboxylic acids is 1. The molecule has 0 radical (unpaired) electrons. The molecule has 0 aromatic heterocycles. The first-order valence-corrected chi connectivity index (χ1v) is 7.40. The van der Waals surface area contributed by atoms with E-state index in [1.165, 1.54) is 18.2 Å². The van der Waals surface area contributed by atoms with Crippen LogP contribution in [0.3, 0.4) is 0 Å². The quantitative estimate of drug-likeness (QED) is 0.915. The summed E-state index contributed by atoms with van der Waals surface area (Å²) in [5.41, 5.74) is 0.124. The molecule has 1 amide bonds. The number of hydrogen-bond donors (Lipinski definition) is 1. The molecular weight excluding hydrogens is 339 g/mol. The van der Waals surface area contributed by atoms with Gasteiger partial charge in [0.05, 0.1) is 5.69 Å². The summed E-state index contributed by atoms with van der Waals surface area (Å²) >= 11 is 0. The molecule has 25 heavy (non-hydrogen) atoms. The summed E-state index contributed by atoms with van der Waals surface area (Å²) in [7, 11) is 0. The number of amides is 1. The van der Waals surface area contributed by atoms with Crippen molar-refractivity contribution in [2.45, 2.75) is 12.3 Å². The van der Waals surface area contributed by atoms with Crippen LogP contribution in [0.4, 0.5) is 18.9 Å². The smallest absolute Gasteiger partial charge is 0.422 e. The molecule has 1 unspecified atom stereocenters. The van der Waals surface area contributed by atoms with Crippen molar-refractivity contribution in [3.63, 3.8) is 0 Å². The van der Waals surface area contributed by atoms with Crippen LogP contribution in [0.5, 0.6) is 17.2 Å². The first kappa shape index (κ1) is 16.9. The van der Waals surface area contributed by atoms with Gasteiger partial charge in [-0.2, -0.15) is 13.2 Å². The van der Waals surface area contributed by atoms with E-state index in [0.717, 1.165) is 0 Å². The second-order valence-corrected chi connectivity index (χ2v) is 5.25. The van der Waals surface area contributed by atoms with Gasteiger partial charge in [-0.1, -0.05) is 24.3 Å². The Bertz CT molecular complexity index is 764. The summed E-state index contributed by atoms with van der Waals surface area (Å²) in [6.45, 7) is -1.45. The molecular formula is C17H14F3NO4. The van der Waals surface area contributed by atoms with E-state index in [2.05, 4.69) is 5.32 Å². The SMILES string of the molecule is O=C(Nc1ccccc1OCC(F)(F)F)C1COc2ccccc2O1. The van der Waals surface area contributed by atoms with Crippen LogP contribution in [0.25, 0.3) is 0 Å². The minimum absolute atomic E-state index is 0.00553. The Labute approximate surface area is 141 Å². The Morgan fingerprint density at radius 3 is 2.56 bits per heavy atom. The van der Waals surface area contributed by atoms with Crippen molar-refractivity contribution in [1.29, 1.82) is 0 Å². The molecule has 2 aromatic rings. The third-order valence-electron chi connectivity index (χ3n) is 3.34. The molecule has 5 nitrogen and oxygen atoms in total. The molecule has 0 spiro atoms. The number of carbonyl (C=O) groups is 1.